The Labute approximate surface area is 159 Å². The molecule has 1 aliphatic heterocycles. The molecule has 5 heteroatoms. The molecule has 1 aliphatic carbocycles. The van der Waals surface area contributed by atoms with Gasteiger partial charge in [0, 0.05) is 37.4 Å². The number of rotatable bonds is 2. The van der Waals surface area contributed by atoms with Crippen LogP contribution in [0.1, 0.15) is 29.2 Å². The number of phenols is 1. The predicted octanol–water partition coefficient (Wildman–Crippen LogP) is 3.02. The smallest absolute Gasteiger partial charge is 0.135 e. The average molecular weight is 360 g/mol. The fourth-order valence-electron chi connectivity index (χ4n) is 4.60. The van der Waals surface area contributed by atoms with Crippen LogP contribution >= 0.6 is 0 Å². The van der Waals surface area contributed by atoms with E-state index in [2.05, 4.69) is 38.4 Å². The van der Waals surface area contributed by atoms with Gasteiger partial charge in [0.2, 0.25) is 0 Å². The van der Waals surface area contributed by atoms with Gasteiger partial charge in [-0.1, -0.05) is 24.3 Å². The molecular formula is C22H24N4O. The van der Waals surface area contributed by atoms with Crippen molar-refractivity contribution in [2.75, 3.05) is 31.1 Å². The van der Waals surface area contributed by atoms with Crippen LogP contribution in [0.25, 0.3) is 10.8 Å². The van der Waals surface area contributed by atoms with Crippen LogP contribution in [0.2, 0.25) is 0 Å². The molecule has 2 heterocycles. The highest BCUT2D eigenvalue weighted by molar-refractivity contribution is 5.87. The van der Waals surface area contributed by atoms with Gasteiger partial charge in [-0.15, -0.1) is 0 Å². The molecule has 27 heavy (non-hydrogen) atoms. The van der Waals surface area contributed by atoms with Gasteiger partial charge in [-0.25, -0.2) is 9.97 Å². The first-order valence-corrected chi connectivity index (χ1v) is 9.79. The summed E-state index contributed by atoms with van der Waals surface area (Å²) in [6.07, 6.45) is 4.68. The molecule has 0 bridgehead atoms. The van der Waals surface area contributed by atoms with Gasteiger partial charge in [0.05, 0.1) is 0 Å². The van der Waals surface area contributed by atoms with E-state index in [9.17, 15) is 5.11 Å². The minimum Gasteiger partial charge on any atom is -0.508 e. The van der Waals surface area contributed by atoms with Gasteiger partial charge in [-0.05, 0) is 53.6 Å². The number of phenolic OH excluding ortho intramolecular Hbond substituents is 1. The van der Waals surface area contributed by atoms with E-state index in [-0.39, 0.29) is 0 Å². The molecule has 0 radical (unpaired) electrons. The third-order valence-electron chi connectivity index (χ3n) is 5.93. The zero-order valence-corrected chi connectivity index (χ0v) is 15.4. The van der Waals surface area contributed by atoms with Gasteiger partial charge < -0.3 is 15.3 Å². The van der Waals surface area contributed by atoms with Crippen LogP contribution < -0.4 is 10.2 Å². The summed E-state index contributed by atoms with van der Waals surface area (Å²) < 4.78 is 0. The fourth-order valence-corrected chi connectivity index (χ4v) is 4.60. The summed E-state index contributed by atoms with van der Waals surface area (Å²) in [6.45, 7) is 4.03. The molecule has 0 amide bonds. The Morgan fingerprint density at radius 3 is 2.81 bits per heavy atom. The number of hydrogen-bond acceptors (Lipinski definition) is 5. The summed E-state index contributed by atoms with van der Waals surface area (Å²) in [4.78, 5) is 11.7. The molecule has 3 aromatic rings. The Balaban J connectivity index is 1.50. The van der Waals surface area contributed by atoms with Crippen LogP contribution in [0.3, 0.4) is 0 Å². The molecule has 2 aromatic carbocycles. The molecule has 138 valence electrons. The number of nitrogens with zero attached hydrogens (tertiary/aromatic N) is 3. The summed E-state index contributed by atoms with van der Waals surface area (Å²) in [5.74, 6) is 1.85. The van der Waals surface area contributed by atoms with Crippen molar-refractivity contribution in [2.45, 2.75) is 25.2 Å². The Hall–Kier alpha value is -2.66. The minimum atomic E-state index is 0.346. The van der Waals surface area contributed by atoms with Gasteiger partial charge in [0.1, 0.15) is 17.9 Å². The quantitative estimate of drug-likeness (QED) is 0.736. The summed E-state index contributed by atoms with van der Waals surface area (Å²) >= 11 is 0. The van der Waals surface area contributed by atoms with Crippen LogP contribution in [0.15, 0.2) is 42.7 Å². The molecule has 5 nitrogen and oxygen atoms in total. The number of nitrogens with one attached hydrogen (secondary N) is 1. The van der Waals surface area contributed by atoms with Crippen molar-refractivity contribution in [3.05, 3.63) is 59.5 Å². The first kappa shape index (κ1) is 16.5. The zero-order chi connectivity index (χ0) is 18.2. The number of benzene rings is 2. The molecule has 1 fully saturated rings. The lowest BCUT2D eigenvalue weighted by Gasteiger charge is -2.33. The molecule has 1 saturated heterocycles. The van der Waals surface area contributed by atoms with E-state index in [1.54, 1.807) is 6.33 Å². The van der Waals surface area contributed by atoms with Crippen LogP contribution in [0, 0.1) is 0 Å². The number of piperazine rings is 1. The standard InChI is InChI=1S/C22H24N4O/c27-17-11-15-3-1-2-4-18(15)20(13-17)16-5-6-19-21(12-16)24-14-25-22(19)26-9-7-23-8-10-26/h1-4,11,13-14,16,23,27H,5-10,12H2. The van der Waals surface area contributed by atoms with Crippen LogP contribution in [-0.2, 0) is 12.8 Å². The first-order valence-electron chi connectivity index (χ1n) is 9.79. The van der Waals surface area contributed by atoms with Crippen molar-refractivity contribution in [1.82, 2.24) is 15.3 Å². The summed E-state index contributed by atoms with van der Waals surface area (Å²) in [7, 11) is 0. The molecule has 2 aliphatic rings. The van der Waals surface area contributed by atoms with Gasteiger partial charge in [-0.3, -0.25) is 0 Å². The molecule has 0 saturated carbocycles. The number of aromatic hydroxyl groups is 1. The fraction of sp³-hybridized carbons (Fsp3) is 0.364. The Bertz CT molecular complexity index is 981. The molecule has 5 rings (SSSR count). The van der Waals surface area contributed by atoms with Crippen LogP contribution in [0.4, 0.5) is 5.82 Å². The van der Waals surface area contributed by atoms with E-state index < -0.39 is 0 Å². The van der Waals surface area contributed by atoms with Crippen molar-refractivity contribution in [2.24, 2.45) is 0 Å². The highest BCUT2D eigenvalue weighted by atomic mass is 16.3. The largest absolute Gasteiger partial charge is 0.508 e. The highest BCUT2D eigenvalue weighted by Crippen LogP contribution is 2.39. The molecule has 2 N–H and O–H groups in total. The van der Waals surface area contributed by atoms with Crippen molar-refractivity contribution < 1.29 is 5.11 Å². The maximum absolute atomic E-state index is 10.2. The molecule has 1 unspecified atom stereocenters. The molecular weight excluding hydrogens is 336 g/mol. The molecule has 1 atom stereocenters. The van der Waals surface area contributed by atoms with Gasteiger partial charge in [-0.2, -0.15) is 0 Å². The maximum atomic E-state index is 10.2. The SMILES string of the molecule is Oc1cc(C2CCc3c(ncnc3N3CCNCC3)C2)c2ccccc2c1. The van der Waals surface area contributed by atoms with E-state index in [4.69, 9.17) is 0 Å². The number of aromatic nitrogens is 2. The maximum Gasteiger partial charge on any atom is 0.135 e. The van der Waals surface area contributed by atoms with Gasteiger partial charge >= 0.3 is 0 Å². The average Bonchev–Trinajstić information content (AvgIpc) is 2.73. The normalized spacial score (nSPS) is 19.9. The number of fused-ring (bicyclic) bond motifs is 2. The number of hydrogen-bond donors (Lipinski definition) is 2. The highest BCUT2D eigenvalue weighted by Gasteiger charge is 2.27. The van der Waals surface area contributed by atoms with E-state index in [0.717, 1.165) is 56.6 Å². The van der Waals surface area contributed by atoms with Crippen LogP contribution in [-0.4, -0.2) is 41.3 Å². The van der Waals surface area contributed by atoms with E-state index >= 15 is 0 Å². The van der Waals surface area contributed by atoms with Crippen LogP contribution in [0.5, 0.6) is 5.75 Å². The van der Waals surface area contributed by atoms with E-state index in [0.29, 0.717) is 11.7 Å². The topological polar surface area (TPSA) is 61.3 Å². The van der Waals surface area contributed by atoms with Crippen molar-refractivity contribution in [1.29, 1.82) is 0 Å². The van der Waals surface area contributed by atoms with Crippen molar-refractivity contribution in [3.63, 3.8) is 0 Å². The van der Waals surface area contributed by atoms with Gasteiger partial charge in [0.15, 0.2) is 0 Å². The lowest BCUT2D eigenvalue weighted by atomic mass is 9.80. The van der Waals surface area contributed by atoms with Crippen molar-refractivity contribution in [3.8, 4) is 5.75 Å². The second-order valence-electron chi connectivity index (χ2n) is 7.56. The Morgan fingerprint density at radius 2 is 1.93 bits per heavy atom. The third-order valence-corrected chi connectivity index (χ3v) is 5.93. The van der Waals surface area contributed by atoms with Gasteiger partial charge in [0.25, 0.3) is 0 Å². The second kappa shape index (κ2) is 6.82. The molecule has 1 aromatic heterocycles. The summed E-state index contributed by atoms with van der Waals surface area (Å²) in [5.41, 5.74) is 3.72. The summed E-state index contributed by atoms with van der Waals surface area (Å²) in [5, 5.41) is 16.0. The lowest BCUT2D eigenvalue weighted by molar-refractivity contribution is 0.473. The summed E-state index contributed by atoms with van der Waals surface area (Å²) in [6, 6.07) is 12.1. The van der Waals surface area contributed by atoms with Crippen molar-refractivity contribution >= 4 is 16.6 Å². The third kappa shape index (κ3) is 3.02. The first-order chi connectivity index (χ1) is 13.3. The molecule has 0 spiro atoms. The van der Waals surface area contributed by atoms with E-state index in [1.165, 1.54) is 22.2 Å². The Morgan fingerprint density at radius 1 is 1.07 bits per heavy atom. The second-order valence-corrected chi connectivity index (χ2v) is 7.56. The monoisotopic (exact) mass is 360 g/mol. The number of anilines is 1. The van der Waals surface area contributed by atoms with E-state index in [1.807, 2.05) is 18.2 Å². The lowest BCUT2D eigenvalue weighted by Crippen LogP contribution is -2.44. The Kier molecular flexibility index (Phi) is 4.17. The minimum absolute atomic E-state index is 0.346. The zero-order valence-electron chi connectivity index (χ0n) is 15.4. The predicted molar refractivity (Wildman–Crippen MR) is 107 cm³/mol.